The van der Waals surface area contributed by atoms with Crippen LogP contribution >= 0.6 is 0 Å². The minimum atomic E-state index is -0.772. The first-order valence-corrected chi connectivity index (χ1v) is 10.4. The summed E-state index contributed by atoms with van der Waals surface area (Å²) in [6.07, 6.45) is -0.0803. The number of ketones is 1. The summed E-state index contributed by atoms with van der Waals surface area (Å²) >= 11 is 0. The topological polar surface area (TPSA) is 56.8 Å². The second-order valence-corrected chi connectivity index (χ2v) is 8.30. The maximum absolute atomic E-state index is 13.2. The van der Waals surface area contributed by atoms with Gasteiger partial charge in [0.15, 0.2) is 17.7 Å². The van der Waals surface area contributed by atoms with E-state index >= 15 is 0 Å². The van der Waals surface area contributed by atoms with Crippen LogP contribution in [0.4, 0.5) is 0 Å². The van der Waals surface area contributed by atoms with Gasteiger partial charge in [0.2, 0.25) is 12.6 Å². The number of Topliss-reactive ketones (excluding diaryl/α,β-unsaturated/α-hetero) is 1. The number of hydrogen-bond acceptors (Lipinski definition) is 5. The molecule has 0 amide bonds. The van der Waals surface area contributed by atoms with Crippen molar-refractivity contribution < 1.29 is 19.0 Å². The Morgan fingerprint density at radius 2 is 1.61 bits per heavy atom. The lowest BCUT2D eigenvalue weighted by Crippen LogP contribution is -2.52. The van der Waals surface area contributed by atoms with E-state index in [1.54, 1.807) is 0 Å². The summed E-state index contributed by atoms with van der Waals surface area (Å²) < 4.78 is 17.0. The van der Waals surface area contributed by atoms with Crippen molar-refractivity contribution in [3.05, 3.63) is 95.6 Å². The number of fused-ring (bicyclic) bond motifs is 1. The van der Waals surface area contributed by atoms with E-state index in [2.05, 4.69) is 19.2 Å². The van der Waals surface area contributed by atoms with Crippen molar-refractivity contribution in [3.8, 4) is 11.5 Å². The van der Waals surface area contributed by atoms with Gasteiger partial charge in [0, 0.05) is 11.1 Å². The van der Waals surface area contributed by atoms with E-state index in [1.165, 1.54) is 0 Å². The molecule has 0 fully saturated rings. The normalized spacial score (nSPS) is 13.7. The molecule has 0 aromatic heterocycles. The van der Waals surface area contributed by atoms with Crippen molar-refractivity contribution in [2.45, 2.75) is 38.6 Å². The lowest BCUT2D eigenvalue weighted by molar-refractivity contribution is 0.00662. The van der Waals surface area contributed by atoms with E-state index in [4.69, 9.17) is 14.2 Å². The first-order chi connectivity index (χ1) is 15.0. The second-order valence-electron chi connectivity index (χ2n) is 8.30. The Hall–Kier alpha value is -3.15. The van der Waals surface area contributed by atoms with E-state index in [-0.39, 0.29) is 12.6 Å². The minimum Gasteiger partial charge on any atom is -0.454 e. The van der Waals surface area contributed by atoms with Crippen molar-refractivity contribution in [1.82, 2.24) is 5.32 Å². The van der Waals surface area contributed by atoms with E-state index in [9.17, 15) is 4.79 Å². The molecule has 0 saturated carbocycles. The zero-order valence-electron chi connectivity index (χ0n) is 17.8. The molecule has 3 aromatic carbocycles. The zero-order chi connectivity index (χ0) is 21.7. The van der Waals surface area contributed by atoms with Gasteiger partial charge in [-0.15, -0.1) is 0 Å². The molecule has 1 N–H and O–H groups in total. The number of hydrogen-bond donors (Lipinski definition) is 1. The third-order valence-corrected chi connectivity index (χ3v) is 5.16. The molecule has 0 saturated heterocycles. The zero-order valence-corrected chi connectivity index (χ0v) is 17.8. The first kappa shape index (κ1) is 21.1. The van der Waals surface area contributed by atoms with Crippen LogP contribution in [0.25, 0.3) is 0 Å². The third-order valence-electron chi connectivity index (χ3n) is 5.16. The van der Waals surface area contributed by atoms with Crippen molar-refractivity contribution in [2.75, 3.05) is 6.79 Å². The van der Waals surface area contributed by atoms with Crippen LogP contribution in [0, 0.1) is 0 Å². The monoisotopic (exact) mass is 417 g/mol. The summed E-state index contributed by atoms with van der Waals surface area (Å²) in [5, 5.41) is 3.43. The number of ether oxygens (including phenoxy) is 3. The number of rotatable bonds is 9. The molecule has 1 unspecified atom stereocenters. The quantitative estimate of drug-likeness (QED) is 0.402. The predicted octanol–water partition coefficient (Wildman–Crippen LogP) is 4.75. The van der Waals surface area contributed by atoms with Gasteiger partial charge in [0.25, 0.3) is 0 Å². The van der Waals surface area contributed by atoms with E-state index in [0.29, 0.717) is 18.6 Å². The summed E-state index contributed by atoms with van der Waals surface area (Å²) in [7, 11) is 0. The summed E-state index contributed by atoms with van der Waals surface area (Å²) in [6.45, 7) is 4.72. The molecule has 5 nitrogen and oxygen atoms in total. The number of carbonyl (C=O) groups is 1. The van der Waals surface area contributed by atoms with Gasteiger partial charge in [-0.2, -0.15) is 0 Å². The molecule has 0 aliphatic carbocycles. The lowest BCUT2D eigenvalue weighted by atomic mass is 9.94. The smallest absolute Gasteiger partial charge is 0.231 e. The van der Waals surface area contributed by atoms with Crippen LogP contribution in [0.3, 0.4) is 0 Å². The van der Waals surface area contributed by atoms with E-state index in [1.807, 2.05) is 78.9 Å². The highest BCUT2D eigenvalue weighted by atomic mass is 16.7. The summed E-state index contributed by atoms with van der Waals surface area (Å²) in [6, 6.07) is 25.0. The van der Waals surface area contributed by atoms with Crippen LogP contribution in [0.1, 0.15) is 35.3 Å². The van der Waals surface area contributed by atoms with Crippen molar-refractivity contribution in [3.63, 3.8) is 0 Å². The minimum absolute atomic E-state index is 0.0877. The summed E-state index contributed by atoms with van der Waals surface area (Å²) in [4.78, 5) is 13.2. The molecule has 3 aromatic rings. The van der Waals surface area contributed by atoms with Gasteiger partial charge in [-0.3, -0.25) is 10.1 Å². The molecule has 1 aliphatic heterocycles. The van der Waals surface area contributed by atoms with Gasteiger partial charge >= 0.3 is 0 Å². The first-order valence-electron chi connectivity index (χ1n) is 10.4. The fraction of sp³-hybridized carbons (Fsp3) is 0.269. The fourth-order valence-electron chi connectivity index (χ4n) is 3.66. The molecule has 5 heteroatoms. The molecule has 160 valence electrons. The SMILES string of the molecule is CC(C)(Cc1ccc2c(c1)OCO2)NC(OCc1ccccc1)C(=O)c1ccccc1. The average Bonchev–Trinajstić information content (AvgIpc) is 3.25. The molecular weight excluding hydrogens is 390 g/mol. The predicted molar refractivity (Wildman–Crippen MR) is 119 cm³/mol. The van der Waals surface area contributed by atoms with Crippen LogP contribution in [0.15, 0.2) is 78.9 Å². The van der Waals surface area contributed by atoms with Crippen LogP contribution in [0.2, 0.25) is 0 Å². The van der Waals surface area contributed by atoms with Crippen LogP contribution < -0.4 is 14.8 Å². The highest BCUT2D eigenvalue weighted by Gasteiger charge is 2.29. The maximum atomic E-state index is 13.2. The second kappa shape index (κ2) is 9.33. The largest absolute Gasteiger partial charge is 0.454 e. The maximum Gasteiger partial charge on any atom is 0.231 e. The molecule has 31 heavy (non-hydrogen) atoms. The third kappa shape index (κ3) is 5.51. The molecule has 1 heterocycles. The molecule has 0 spiro atoms. The summed E-state index contributed by atoms with van der Waals surface area (Å²) in [5.41, 5.74) is 2.32. The Kier molecular flexibility index (Phi) is 6.35. The Morgan fingerprint density at radius 1 is 0.935 bits per heavy atom. The molecule has 1 atom stereocenters. The molecule has 0 bridgehead atoms. The Bertz CT molecular complexity index is 1020. The van der Waals surface area contributed by atoms with Gasteiger partial charge < -0.3 is 14.2 Å². The Morgan fingerprint density at radius 3 is 2.35 bits per heavy atom. The van der Waals surface area contributed by atoms with Gasteiger partial charge in [-0.1, -0.05) is 66.7 Å². The molecule has 0 radical (unpaired) electrons. The van der Waals surface area contributed by atoms with Gasteiger partial charge in [0.05, 0.1) is 6.61 Å². The number of benzene rings is 3. The number of nitrogens with one attached hydrogen (secondary N) is 1. The van der Waals surface area contributed by atoms with E-state index < -0.39 is 11.8 Å². The van der Waals surface area contributed by atoms with Crippen molar-refractivity contribution >= 4 is 5.78 Å². The highest BCUT2D eigenvalue weighted by molar-refractivity contribution is 5.99. The van der Waals surface area contributed by atoms with Gasteiger partial charge in [-0.05, 0) is 43.5 Å². The highest BCUT2D eigenvalue weighted by Crippen LogP contribution is 2.33. The Balaban J connectivity index is 1.50. The van der Waals surface area contributed by atoms with E-state index in [0.717, 1.165) is 22.6 Å². The van der Waals surface area contributed by atoms with Gasteiger partial charge in [0.1, 0.15) is 0 Å². The average molecular weight is 418 g/mol. The van der Waals surface area contributed by atoms with Crippen molar-refractivity contribution in [2.24, 2.45) is 0 Å². The van der Waals surface area contributed by atoms with Crippen molar-refractivity contribution in [1.29, 1.82) is 0 Å². The Labute approximate surface area is 183 Å². The molecule has 1 aliphatic rings. The fourth-order valence-corrected chi connectivity index (χ4v) is 3.66. The van der Waals surface area contributed by atoms with Crippen LogP contribution in [-0.4, -0.2) is 24.3 Å². The number of carbonyl (C=O) groups excluding carboxylic acids is 1. The molecular formula is C26H27NO4. The van der Waals surface area contributed by atoms with Crippen LogP contribution in [0.5, 0.6) is 11.5 Å². The van der Waals surface area contributed by atoms with Gasteiger partial charge in [-0.25, -0.2) is 0 Å². The molecule has 4 rings (SSSR count). The van der Waals surface area contributed by atoms with Crippen LogP contribution in [-0.2, 0) is 17.8 Å². The summed E-state index contributed by atoms with van der Waals surface area (Å²) in [5.74, 6) is 1.43. The standard InChI is InChI=1S/C26H27NO4/c1-26(2,16-20-13-14-22-23(15-20)31-18-30-22)27-25(24(28)21-11-7-4-8-12-21)29-17-19-9-5-3-6-10-19/h3-15,25,27H,16-18H2,1-2H3. The lowest BCUT2D eigenvalue weighted by Gasteiger charge is -2.31.